The number of hydrogen-bond donors (Lipinski definition) is 2. The average molecular weight is 461 g/mol. The number of alkyl halides is 3. The Morgan fingerprint density at radius 2 is 1.88 bits per heavy atom. The third-order valence-corrected chi connectivity index (χ3v) is 7.30. The average Bonchev–Trinajstić information content (AvgIpc) is 3.48. The van der Waals surface area contributed by atoms with E-state index in [-0.39, 0.29) is 28.9 Å². The molecule has 1 aromatic carbocycles. The van der Waals surface area contributed by atoms with E-state index in [4.69, 9.17) is 4.74 Å². The third kappa shape index (κ3) is 3.65. The van der Waals surface area contributed by atoms with Crippen LogP contribution in [0, 0.1) is 17.7 Å². The van der Waals surface area contributed by atoms with Gasteiger partial charge in [0.05, 0.1) is 24.6 Å². The van der Waals surface area contributed by atoms with Gasteiger partial charge < -0.3 is 15.0 Å². The van der Waals surface area contributed by atoms with Gasteiger partial charge in [-0.1, -0.05) is 6.07 Å². The Morgan fingerprint density at radius 1 is 1.09 bits per heavy atom. The van der Waals surface area contributed by atoms with Crippen LogP contribution in [0.4, 0.5) is 23.4 Å². The molecule has 4 heterocycles. The molecule has 33 heavy (non-hydrogen) atoms. The number of fused-ring (bicyclic) bond motifs is 3. The molecule has 3 aromatic rings. The van der Waals surface area contributed by atoms with Gasteiger partial charge in [0.25, 0.3) is 0 Å². The van der Waals surface area contributed by atoms with E-state index < -0.39 is 11.9 Å². The second-order valence-corrected chi connectivity index (χ2v) is 9.25. The van der Waals surface area contributed by atoms with Gasteiger partial charge in [-0.25, -0.2) is 14.4 Å². The minimum absolute atomic E-state index is 0.111. The Bertz CT molecular complexity index is 1180. The summed E-state index contributed by atoms with van der Waals surface area (Å²) in [5, 5.41) is 3.71. The number of anilines is 1. The Balaban J connectivity index is 1.38. The van der Waals surface area contributed by atoms with E-state index in [1.807, 2.05) is 0 Å². The van der Waals surface area contributed by atoms with E-state index in [0.29, 0.717) is 17.7 Å². The Morgan fingerprint density at radius 3 is 2.64 bits per heavy atom. The summed E-state index contributed by atoms with van der Waals surface area (Å²) in [6.07, 6.45) is -1.68. The van der Waals surface area contributed by atoms with Crippen molar-refractivity contribution in [2.24, 2.45) is 11.8 Å². The molecule has 174 valence electrons. The topological polar surface area (TPSA) is 66.1 Å². The number of hydrogen-bond acceptors (Lipinski definition) is 5. The van der Waals surface area contributed by atoms with Crippen LogP contribution in [0.2, 0.25) is 0 Å². The second kappa shape index (κ2) is 7.66. The first-order chi connectivity index (χ1) is 15.9. The fourth-order valence-corrected chi connectivity index (χ4v) is 5.69. The molecule has 6 rings (SSSR count). The molecular formula is C23H23F4N5O. The van der Waals surface area contributed by atoms with Crippen molar-refractivity contribution in [3.05, 3.63) is 53.2 Å². The van der Waals surface area contributed by atoms with Crippen molar-refractivity contribution in [3.8, 4) is 0 Å². The highest BCUT2D eigenvalue weighted by atomic mass is 19.4. The number of aryl methyl sites for hydroxylation is 1. The summed E-state index contributed by atoms with van der Waals surface area (Å²) in [7, 11) is 0. The van der Waals surface area contributed by atoms with Gasteiger partial charge in [0.15, 0.2) is 0 Å². The van der Waals surface area contributed by atoms with Crippen molar-refractivity contribution in [3.63, 3.8) is 0 Å². The maximum Gasteiger partial charge on any atom is 0.431 e. The van der Waals surface area contributed by atoms with Gasteiger partial charge in [0.2, 0.25) is 0 Å². The summed E-state index contributed by atoms with van der Waals surface area (Å²) in [4.78, 5) is 13.1. The minimum Gasteiger partial charge on any atom is -0.381 e. The number of ether oxygens (including phenoxy) is 1. The molecule has 6 nitrogen and oxygen atoms in total. The summed E-state index contributed by atoms with van der Waals surface area (Å²) in [5.41, 5.74) is 1.14. The lowest BCUT2D eigenvalue weighted by Crippen LogP contribution is -2.44. The van der Waals surface area contributed by atoms with Gasteiger partial charge in [0.1, 0.15) is 29.3 Å². The Labute approximate surface area is 187 Å². The minimum atomic E-state index is -4.51. The fraction of sp³-hybridized carbons (Fsp3) is 0.478. The summed E-state index contributed by atoms with van der Waals surface area (Å²) >= 11 is 0. The molecule has 2 N–H and O–H groups in total. The lowest BCUT2D eigenvalue weighted by molar-refractivity contribution is -0.140. The Kier molecular flexibility index (Phi) is 4.84. The van der Waals surface area contributed by atoms with Gasteiger partial charge in [-0.05, 0) is 42.2 Å². The number of nitrogens with one attached hydrogen (secondary N) is 2. The molecule has 1 aliphatic carbocycles. The molecule has 10 heteroatoms. The molecule has 2 saturated heterocycles. The van der Waals surface area contributed by atoms with E-state index >= 15 is 0 Å². The van der Waals surface area contributed by atoms with Gasteiger partial charge in [-0.3, -0.25) is 4.90 Å². The van der Waals surface area contributed by atoms with Crippen LogP contribution in [0.1, 0.15) is 29.3 Å². The van der Waals surface area contributed by atoms with Crippen molar-refractivity contribution < 1.29 is 22.3 Å². The fourth-order valence-electron chi connectivity index (χ4n) is 5.69. The molecule has 0 amide bonds. The molecule has 0 saturated carbocycles. The molecule has 2 fully saturated rings. The monoisotopic (exact) mass is 461 g/mol. The van der Waals surface area contributed by atoms with Gasteiger partial charge in [0, 0.05) is 31.0 Å². The molecule has 2 aromatic heterocycles. The summed E-state index contributed by atoms with van der Waals surface area (Å²) in [6, 6.07) is 5.69. The van der Waals surface area contributed by atoms with Crippen LogP contribution >= 0.6 is 0 Å². The van der Waals surface area contributed by atoms with Crippen LogP contribution in [0.3, 0.4) is 0 Å². The summed E-state index contributed by atoms with van der Waals surface area (Å²) < 4.78 is 59.4. The van der Waals surface area contributed by atoms with Crippen molar-refractivity contribution in [1.29, 1.82) is 0 Å². The maximum atomic E-state index is 13.9. The SMILES string of the molecule is Fc1ccc2c(c1)CCC(N1CC3COCC3C1)C2Nc1ncnc2[nH]c(C(F)(F)F)cc12. The van der Waals surface area contributed by atoms with Crippen LogP contribution in [0.5, 0.6) is 0 Å². The maximum absolute atomic E-state index is 13.9. The molecule has 4 unspecified atom stereocenters. The zero-order valence-electron chi connectivity index (χ0n) is 17.7. The van der Waals surface area contributed by atoms with Crippen LogP contribution < -0.4 is 5.32 Å². The number of H-pyrrole nitrogens is 1. The van der Waals surface area contributed by atoms with Crippen LogP contribution in [0.15, 0.2) is 30.6 Å². The van der Waals surface area contributed by atoms with E-state index in [9.17, 15) is 17.6 Å². The highest BCUT2D eigenvalue weighted by Gasteiger charge is 2.43. The standard InChI is InChI=1S/C23H23F4N5O/c24-15-2-3-16-12(5-15)1-4-18(32-7-13-9-33-10-14(13)8-32)20(16)31-22-17-6-19(23(25,26)27)30-21(17)28-11-29-22/h2-3,5-6,11,13-14,18,20H,1,4,7-10H2,(H2,28,29,30,31). The quantitative estimate of drug-likeness (QED) is 0.574. The number of benzene rings is 1. The first-order valence-corrected chi connectivity index (χ1v) is 11.1. The summed E-state index contributed by atoms with van der Waals surface area (Å²) in [6.45, 7) is 3.38. The predicted octanol–water partition coefficient (Wildman–Crippen LogP) is 4.16. The van der Waals surface area contributed by atoms with Crippen LogP contribution in [-0.2, 0) is 17.3 Å². The number of aromatic nitrogens is 3. The van der Waals surface area contributed by atoms with Crippen LogP contribution in [0.25, 0.3) is 11.0 Å². The van der Waals surface area contributed by atoms with E-state index in [1.165, 1.54) is 12.4 Å². The van der Waals surface area contributed by atoms with Crippen molar-refractivity contribution >= 4 is 16.9 Å². The number of nitrogens with zero attached hydrogens (tertiary/aromatic N) is 3. The second-order valence-electron chi connectivity index (χ2n) is 9.25. The lowest BCUT2D eigenvalue weighted by Gasteiger charge is -2.40. The molecule has 3 aliphatic rings. The lowest BCUT2D eigenvalue weighted by atomic mass is 9.83. The van der Waals surface area contributed by atoms with Crippen molar-refractivity contribution in [2.75, 3.05) is 31.6 Å². The molecular weight excluding hydrogens is 438 g/mol. The highest BCUT2D eigenvalue weighted by Crippen LogP contribution is 2.41. The number of aromatic amines is 1. The molecule has 4 atom stereocenters. The molecule has 0 spiro atoms. The molecule has 0 bridgehead atoms. The summed E-state index contributed by atoms with van der Waals surface area (Å²) in [5.74, 6) is 1.06. The van der Waals surface area contributed by atoms with Crippen molar-refractivity contribution in [1.82, 2.24) is 19.9 Å². The number of halogens is 4. The van der Waals surface area contributed by atoms with E-state index in [2.05, 4.69) is 25.2 Å². The van der Waals surface area contributed by atoms with Gasteiger partial charge >= 0.3 is 6.18 Å². The van der Waals surface area contributed by atoms with E-state index in [1.54, 1.807) is 12.1 Å². The zero-order valence-corrected chi connectivity index (χ0v) is 17.7. The first kappa shape index (κ1) is 20.9. The van der Waals surface area contributed by atoms with Crippen molar-refractivity contribution in [2.45, 2.75) is 31.1 Å². The normalized spacial score (nSPS) is 27.6. The smallest absolute Gasteiger partial charge is 0.381 e. The molecule has 0 radical (unpaired) electrons. The van der Waals surface area contributed by atoms with E-state index in [0.717, 1.165) is 56.3 Å². The highest BCUT2D eigenvalue weighted by molar-refractivity contribution is 5.88. The largest absolute Gasteiger partial charge is 0.431 e. The first-order valence-electron chi connectivity index (χ1n) is 11.1. The molecule has 2 aliphatic heterocycles. The third-order valence-electron chi connectivity index (χ3n) is 7.30. The Hall–Kier alpha value is -2.72. The zero-order chi connectivity index (χ0) is 22.7. The predicted molar refractivity (Wildman–Crippen MR) is 113 cm³/mol. The van der Waals surface area contributed by atoms with Crippen LogP contribution in [-0.4, -0.2) is 52.2 Å². The van der Waals surface area contributed by atoms with Gasteiger partial charge in [-0.2, -0.15) is 13.2 Å². The number of likely N-dealkylation sites (tertiary alicyclic amines) is 1. The number of rotatable bonds is 3. The van der Waals surface area contributed by atoms with Gasteiger partial charge in [-0.15, -0.1) is 0 Å².